The lowest BCUT2D eigenvalue weighted by molar-refractivity contribution is -0.169. The number of carbonyl (C=O) groups is 2. The van der Waals surface area contributed by atoms with E-state index in [1.807, 2.05) is 0 Å². The van der Waals surface area contributed by atoms with Crippen LogP contribution in [0.15, 0.2) is 0 Å². The molecule has 15 heavy (non-hydrogen) atoms. The van der Waals surface area contributed by atoms with Gasteiger partial charge in [-0.3, -0.25) is 4.79 Å². The fraction of sp³-hybridized carbons (Fsp3) is 0.818. The molecule has 4 heteroatoms. The van der Waals surface area contributed by atoms with Crippen molar-refractivity contribution in [3.63, 3.8) is 0 Å². The maximum atomic E-state index is 11.1. The van der Waals surface area contributed by atoms with E-state index in [-0.39, 0.29) is 18.6 Å². The second-order valence-corrected chi connectivity index (χ2v) is 3.64. The molecule has 0 fully saturated rings. The Hall–Kier alpha value is -0.900. The molecule has 0 saturated heterocycles. The number of ketones is 1. The molecule has 0 radical (unpaired) electrons. The van der Waals surface area contributed by atoms with Gasteiger partial charge in [-0.1, -0.05) is 19.8 Å². The first kappa shape index (κ1) is 14.1. The van der Waals surface area contributed by atoms with E-state index >= 15 is 0 Å². The van der Waals surface area contributed by atoms with Gasteiger partial charge in [0.25, 0.3) is 0 Å². The molecule has 0 aliphatic heterocycles. The van der Waals surface area contributed by atoms with Gasteiger partial charge in [-0.15, -0.1) is 0 Å². The molecule has 0 amide bonds. The van der Waals surface area contributed by atoms with Crippen molar-refractivity contribution in [3.05, 3.63) is 0 Å². The number of aliphatic hydroxyl groups is 1. The SMILES string of the molecule is CCCCCC(O)OC(=O)CCC(C)=O. The van der Waals surface area contributed by atoms with Crippen LogP contribution in [-0.4, -0.2) is 23.1 Å². The lowest BCUT2D eigenvalue weighted by Crippen LogP contribution is -2.17. The van der Waals surface area contributed by atoms with Crippen LogP contribution in [0.1, 0.15) is 52.4 Å². The highest BCUT2D eigenvalue weighted by molar-refractivity contribution is 5.80. The predicted molar refractivity (Wildman–Crippen MR) is 56.2 cm³/mol. The lowest BCUT2D eigenvalue weighted by Gasteiger charge is -2.11. The van der Waals surface area contributed by atoms with E-state index in [0.29, 0.717) is 6.42 Å². The fourth-order valence-electron chi connectivity index (χ4n) is 1.12. The van der Waals surface area contributed by atoms with E-state index in [1.54, 1.807) is 0 Å². The van der Waals surface area contributed by atoms with Gasteiger partial charge in [0.2, 0.25) is 6.29 Å². The van der Waals surface area contributed by atoms with E-state index in [0.717, 1.165) is 19.3 Å². The number of carbonyl (C=O) groups excluding carboxylic acids is 2. The zero-order valence-corrected chi connectivity index (χ0v) is 9.49. The summed E-state index contributed by atoms with van der Waals surface area (Å²) in [5, 5.41) is 9.28. The highest BCUT2D eigenvalue weighted by atomic mass is 16.6. The van der Waals surface area contributed by atoms with E-state index in [9.17, 15) is 14.7 Å². The minimum absolute atomic E-state index is 0.0487. The zero-order valence-electron chi connectivity index (χ0n) is 9.49. The first-order valence-corrected chi connectivity index (χ1v) is 5.43. The number of rotatable bonds is 8. The largest absolute Gasteiger partial charge is 0.436 e. The van der Waals surface area contributed by atoms with Crippen molar-refractivity contribution in [3.8, 4) is 0 Å². The average molecular weight is 216 g/mol. The molecule has 0 aromatic carbocycles. The Morgan fingerprint density at radius 3 is 2.47 bits per heavy atom. The first-order chi connectivity index (χ1) is 7.06. The number of ether oxygens (including phenoxy) is 1. The summed E-state index contributed by atoms with van der Waals surface area (Å²) in [5.74, 6) is -0.554. The zero-order chi connectivity index (χ0) is 11.7. The number of esters is 1. The monoisotopic (exact) mass is 216 g/mol. The third kappa shape index (κ3) is 9.41. The van der Waals surface area contributed by atoms with E-state index < -0.39 is 12.3 Å². The van der Waals surface area contributed by atoms with Gasteiger partial charge in [-0.05, 0) is 13.3 Å². The van der Waals surface area contributed by atoms with Gasteiger partial charge in [0.15, 0.2) is 0 Å². The molecule has 0 rings (SSSR count). The van der Waals surface area contributed by atoms with Crippen LogP contribution in [0.2, 0.25) is 0 Å². The highest BCUT2D eigenvalue weighted by Crippen LogP contribution is 2.06. The standard InChI is InChI=1S/C11H20O4/c1-3-4-5-6-10(13)15-11(14)8-7-9(2)12/h10,13H,3-8H2,1-2H3. The summed E-state index contributed by atoms with van der Waals surface area (Å²) >= 11 is 0. The van der Waals surface area contributed by atoms with Crippen LogP contribution in [0, 0.1) is 0 Å². The number of Topliss-reactive ketones (excluding diaryl/α,β-unsaturated/α-hetero) is 1. The van der Waals surface area contributed by atoms with Crippen LogP contribution < -0.4 is 0 Å². The molecule has 88 valence electrons. The topological polar surface area (TPSA) is 63.6 Å². The van der Waals surface area contributed by atoms with Crippen LogP contribution in [0.3, 0.4) is 0 Å². The van der Waals surface area contributed by atoms with Crippen LogP contribution in [-0.2, 0) is 14.3 Å². The summed E-state index contributed by atoms with van der Waals surface area (Å²) in [6.07, 6.45) is 2.61. The molecule has 0 aromatic heterocycles. The minimum Gasteiger partial charge on any atom is -0.436 e. The smallest absolute Gasteiger partial charge is 0.308 e. The molecule has 1 atom stereocenters. The summed E-state index contributed by atoms with van der Waals surface area (Å²) in [5.41, 5.74) is 0. The summed E-state index contributed by atoms with van der Waals surface area (Å²) in [6.45, 7) is 3.48. The van der Waals surface area contributed by atoms with Gasteiger partial charge in [0, 0.05) is 12.8 Å². The minimum atomic E-state index is -1.02. The Morgan fingerprint density at radius 1 is 1.27 bits per heavy atom. The molecule has 0 aliphatic rings. The second kappa shape index (κ2) is 8.41. The quantitative estimate of drug-likeness (QED) is 0.382. The van der Waals surface area contributed by atoms with Crippen molar-refractivity contribution in [2.75, 3.05) is 0 Å². The van der Waals surface area contributed by atoms with Crippen molar-refractivity contribution < 1.29 is 19.4 Å². The molecule has 4 nitrogen and oxygen atoms in total. The number of unbranched alkanes of at least 4 members (excludes halogenated alkanes) is 2. The molecule has 0 heterocycles. The Balaban J connectivity index is 3.53. The van der Waals surface area contributed by atoms with Gasteiger partial charge < -0.3 is 14.6 Å². The predicted octanol–water partition coefficient (Wildman–Crippen LogP) is 1.80. The molecule has 0 bridgehead atoms. The van der Waals surface area contributed by atoms with Crippen molar-refractivity contribution in [2.45, 2.75) is 58.7 Å². The fourth-order valence-corrected chi connectivity index (χ4v) is 1.12. The molecular weight excluding hydrogens is 196 g/mol. The van der Waals surface area contributed by atoms with E-state index in [2.05, 4.69) is 6.92 Å². The van der Waals surface area contributed by atoms with E-state index in [4.69, 9.17) is 4.74 Å². The van der Waals surface area contributed by atoms with Crippen LogP contribution >= 0.6 is 0 Å². The normalized spacial score (nSPS) is 12.2. The summed E-state index contributed by atoms with van der Waals surface area (Å²) in [4.78, 5) is 21.6. The van der Waals surface area contributed by atoms with Crippen molar-refractivity contribution in [1.82, 2.24) is 0 Å². The number of aliphatic hydroxyl groups excluding tert-OH is 1. The average Bonchev–Trinajstić information content (AvgIpc) is 2.15. The van der Waals surface area contributed by atoms with Crippen LogP contribution in [0.4, 0.5) is 0 Å². The molecule has 0 saturated carbocycles. The van der Waals surface area contributed by atoms with Crippen molar-refractivity contribution in [1.29, 1.82) is 0 Å². The van der Waals surface area contributed by atoms with Crippen molar-refractivity contribution >= 4 is 11.8 Å². The van der Waals surface area contributed by atoms with Gasteiger partial charge in [-0.25, -0.2) is 0 Å². The third-order valence-electron chi connectivity index (χ3n) is 2.00. The number of hydrogen-bond donors (Lipinski definition) is 1. The van der Waals surface area contributed by atoms with Gasteiger partial charge >= 0.3 is 5.97 Å². The molecule has 1 unspecified atom stereocenters. The summed E-state index contributed by atoms with van der Waals surface area (Å²) in [6, 6.07) is 0. The maximum absolute atomic E-state index is 11.1. The molecule has 1 N–H and O–H groups in total. The maximum Gasteiger partial charge on any atom is 0.308 e. The molecule has 0 spiro atoms. The molecular formula is C11H20O4. The lowest BCUT2D eigenvalue weighted by atomic mass is 10.2. The second-order valence-electron chi connectivity index (χ2n) is 3.64. The molecule has 0 aliphatic carbocycles. The summed E-state index contributed by atoms with van der Waals surface area (Å²) < 4.78 is 4.71. The number of hydrogen-bond acceptors (Lipinski definition) is 4. The Labute approximate surface area is 90.6 Å². The van der Waals surface area contributed by atoms with Gasteiger partial charge in [0.1, 0.15) is 5.78 Å². The highest BCUT2D eigenvalue weighted by Gasteiger charge is 2.11. The van der Waals surface area contributed by atoms with Crippen LogP contribution in [0.25, 0.3) is 0 Å². The van der Waals surface area contributed by atoms with E-state index in [1.165, 1.54) is 6.92 Å². The van der Waals surface area contributed by atoms with Crippen LogP contribution in [0.5, 0.6) is 0 Å². The summed E-state index contributed by atoms with van der Waals surface area (Å²) in [7, 11) is 0. The Kier molecular flexibility index (Phi) is 7.91. The molecule has 0 aromatic rings. The van der Waals surface area contributed by atoms with Crippen molar-refractivity contribution in [2.24, 2.45) is 0 Å². The Morgan fingerprint density at radius 2 is 1.93 bits per heavy atom. The van der Waals surface area contributed by atoms with Gasteiger partial charge in [0.05, 0.1) is 6.42 Å². The van der Waals surface area contributed by atoms with Gasteiger partial charge in [-0.2, -0.15) is 0 Å². The third-order valence-corrected chi connectivity index (χ3v) is 2.00. The first-order valence-electron chi connectivity index (χ1n) is 5.43. The Bertz CT molecular complexity index is 201.